The number of carbonyl (C=O) groups is 1. The first-order valence-electron chi connectivity index (χ1n) is 10.8. The minimum atomic E-state index is -3.76. The fraction of sp³-hybridized carbons (Fsp3) is 0.333. The minimum absolute atomic E-state index is 0.0476. The Bertz CT molecular complexity index is 1340. The fourth-order valence-electron chi connectivity index (χ4n) is 3.64. The number of nitrogens with one attached hydrogen (secondary N) is 3. The maximum atomic E-state index is 11.5. The molecule has 0 amide bonds. The van der Waals surface area contributed by atoms with Crippen LogP contribution in [0.3, 0.4) is 0 Å². The summed E-state index contributed by atoms with van der Waals surface area (Å²) in [6, 6.07) is 6.29. The number of carboxylic acid groups (broad SMARTS) is 1. The molecule has 1 aromatic carbocycles. The molecule has 0 radical (unpaired) electrons. The molecule has 3 heterocycles. The number of nitrogens with zero attached hydrogens (tertiary/aromatic N) is 4. The number of rotatable bonds is 8. The van der Waals surface area contributed by atoms with Crippen molar-refractivity contribution in [1.29, 1.82) is 0 Å². The third-order valence-corrected chi connectivity index (χ3v) is 7.45. The van der Waals surface area contributed by atoms with Crippen molar-refractivity contribution in [2.45, 2.75) is 25.3 Å². The Morgan fingerprint density at radius 1 is 1.17 bits per heavy atom. The zero-order valence-corrected chi connectivity index (χ0v) is 20.8. The number of hydrogen-bond donors (Lipinski definition) is 5. The standard InChI is InChI=1S/C21H26N8O4S2/c1-12-17(24-11-14-3-5-15(6-4-14)35(22,32)33)26-20(27-18(12)29-9-7-23-8-10-29)28-21-25-13(2)16(34-21)19(30)31/h3-6,23H,7-11H2,1-2H3,(H,30,31)(H2,22,32,33)(H2,24,25,26,27,28). The molecule has 186 valence electrons. The Balaban J connectivity index is 1.62. The normalized spacial score (nSPS) is 14.1. The van der Waals surface area contributed by atoms with E-state index in [1.54, 1.807) is 19.1 Å². The van der Waals surface area contributed by atoms with E-state index in [1.165, 1.54) is 12.1 Å². The van der Waals surface area contributed by atoms with Crippen LogP contribution >= 0.6 is 11.3 Å². The number of aryl methyl sites for hydroxylation is 1. The van der Waals surface area contributed by atoms with Crippen molar-refractivity contribution in [3.63, 3.8) is 0 Å². The molecule has 2 aromatic heterocycles. The molecule has 1 fully saturated rings. The van der Waals surface area contributed by atoms with Gasteiger partial charge in [0, 0.05) is 38.3 Å². The van der Waals surface area contributed by atoms with Crippen LogP contribution in [0, 0.1) is 13.8 Å². The molecule has 0 spiro atoms. The molecular formula is C21H26N8O4S2. The number of primary sulfonamides is 1. The summed E-state index contributed by atoms with van der Waals surface area (Å²) in [6.45, 7) is 7.20. The van der Waals surface area contributed by atoms with Crippen LogP contribution in [0.15, 0.2) is 29.2 Å². The van der Waals surface area contributed by atoms with Gasteiger partial charge in [-0.25, -0.2) is 23.3 Å². The summed E-state index contributed by atoms with van der Waals surface area (Å²) in [6.07, 6.45) is 0. The first kappa shape index (κ1) is 24.8. The number of benzene rings is 1. The van der Waals surface area contributed by atoms with Gasteiger partial charge in [-0.05, 0) is 31.5 Å². The van der Waals surface area contributed by atoms with Gasteiger partial charge in [0.15, 0.2) is 5.13 Å². The predicted molar refractivity (Wildman–Crippen MR) is 134 cm³/mol. The SMILES string of the molecule is Cc1nc(Nc2nc(NCc3ccc(S(N)(=O)=O)cc3)c(C)c(N3CCNCC3)n2)sc1C(=O)O. The van der Waals surface area contributed by atoms with Gasteiger partial charge >= 0.3 is 5.97 Å². The van der Waals surface area contributed by atoms with Gasteiger partial charge in [0.25, 0.3) is 0 Å². The second-order valence-electron chi connectivity index (χ2n) is 7.99. The van der Waals surface area contributed by atoms with E-state index < -0.39 is 16.0 Å². The number of hydrogen-bond acceptors (Lipinski definition) is 11. The molecule has 0 unspecified atom stereocenters. The molecule has 0 saturated carbocycles. The average molecular weight is 519 g/mol. The van der Waals surface area contributed by atoms with E-state index in [9.17, 15) is 18.3 Å². The molecule has 35 heavy (non-hydrogen) atoms. The molecule has 0 bridgehead atoms. The molecule has 1 aliphatic rings. The molecule has 0 atom stereocenters. The van der Waals surface area contributed by atoms with Gasteiger partial charge in [0.2, 0.25) is 16.0 Å². The summed E-state index contributed by atoms with van der Waals surface area (Å²) in [5.74, 6) is 0.623. The van der Waals surface area contributed by atoms with Crippen molar-refractivity contribution in [3.8, 4) is 0 Å². The number of thiazole rings is 1. The van der Waals surface area contributed by atoms with Crippen LogP contribution < -0.4 is 26.0 Å². The van der Waals surface area contributed by atoms with E-state index in [1.807, 2.05) is 6.92 Å². The van der Waals surface area contributed by atoms with Gasteiger partial charge in [0.1, 0.15) is 16.5 Å². The summed E-state index contributed by atoms with van der Waals surface area (Å²) < 4.78 is 23.0. The molecule has 0 aliphatic carbocycles. The number of sulfonamides is 1. The largest absolute Gasteiger partial charge is 0.477 e. The highest BCUT2D eigenvalue weighted by Crippen LogP contribution is 2.29. The Kier molecular flexibility index (Phi) is 7.16. The van der Waals surface area contributed by atoms with Gasteiger partial charge in [-0.1, -0.05) is 23.5 Å². The van der Waals surface area contributed by atoms with E-state index in [-0.39, 0.29) is 9.77 Å². The number of carboxylic acids is 1. The van der Waals surface area contributed by atoms with Gasteiger partial charge < -0.3 is 20.6 Å². The summed E-state index contributed by atoms with van der Waals surface area (Å²) in [7, 11) is -3.76. The molecule has 1 saturated heterocycles. The molecular weight excluding hydrogens is 492 g/mol. The van der Waals surface area contributed by atoms with Crippen LogP contribution in [-0.4, -0.2) is 60.6 Å². The Morgan fingerprint density at radius 3 is 2.46 bits per heavy atom. The lowest BCUT2D eigenvalue weighted by Gasteiger charge is -2.30. The molecule has 4 rings (SSSR count). The summed E-state index contributed by atoms with van der Waals surface area (Å²) in [5, 5.41) is 24.6. The van der Waals surface area contributed by atoms with Crippen molar-refractivity contribution < 1.29 is 18.3 Å². The fourth-order valence-corrected chi connectivity index (χ4v) is 4.96. The van der Waals surface area contributed by atoms with E-state index >= 15 is 0 Å². The smallest absolute Gasteiger partial charge is 0.347 e. The average Bonchev–Trinajstić information content (AvgIpc) is 3.19. The molecule has 1 aliphatic heterocycles. The van der Waals surface area contributed by atoms with E-state index in [0.717, 1.165) is 54.5 Å². The lowest BCUT2D eigenvalue weighted by molar-refractivity contribution is 0.0701. The predicted octanol–water partition coefficient (Wildman–Crippen LogP) is 1.66. The minimum Gasteiger partial charge on any atom is -0.477 e. The summed E-state index contributed by atoms with van der Waals surface area (Å²) in [4.78, 5) is 27.4. The summed E-state index contributed by atoms with van der Waals surface area (Å²) in [5.41, 5.74) is 2.12. The number of nitrogens with two attached hydrogens (primary N) is 1. The van der Waals surface area contributed by atoms with Crippen LogP contribution in [-0.2, 0) is 16.6 Å². The third kappa shape index (κ3) is 5.85. The van der Waals surface area contributed by atoms with Crippen molar-refractivity contribution in [2.75, 3.05) is 41.7 Å². The van der Waals surface area contributed by atoms with Crippen LogP contribution in [0.2, 0.25) is 0 Å². The summed E-state index contributed by atoms with van der Waals surface area (Å²) >= 11 is 1.02. The van der Waals surface area contributed by atoms with Gasteiger partial charge in [0.05, 0.1) is 10.6 Å². The van der Waals surface area contributed by atoms with Crippen LogP contribution in [0.25, 0.3) is 0 Å². The monoisotopic (exact) mass is 518 g/mol. The van der Waals surface area contributed by atoms with Gasteiger partial charge in [-0.3, -0.25) is 5.32 Å². The molecule has 12 nitrogen and oxygen atoms in total. The molecule has 6 N–H and O–H groups in total. The molecule has 3 aromatic rings. The number of aromatic carboxylic acids is 1. The maximum Gasteiger partial charge on any atom is 0.347 e. The Hall–Kier alpha value is -3.33. The highest BCUT2D eigenvalue weighted by Gasteiger charge is 2.20. The van der Waals surface area contributed by atoms with E-state index in [2.05, 4.69) is 30.8 Å². The van der Waals surface area contributed by atoms with Crippen LogP contribution in [0.5, 0.6) is 0 Å². The second kappa shape index (κ2) is 10.1. The van der Waals surface area contributed by atoms with Crippen LogP contribution in [0.1, 0.15) is 26.5 Å². The number of piperazine rings is 1. The first-order valence-corrected chi connectivity index (χ1v) is 13.2. The van der Waals surface area contributed by atoms with Crippen molar-refractivity contribution >= 4 is 50.0 Å². The second-order valence-corrected chi connectivity index (χ2v) is 10.5. The highest BCUT2D eigenvalue weighted by molar-refractivity contribution is 7.89. The Labute approximate surface area is 206 Å². The van der Waals surface area contributed by atoms with Crippen molar-refractivity contribution in [2.24, 2.45) is 5.14 Å². The van der Waals surface area contributed by atoms with E-state index in [4.69, 9.17) is 10.1 Å². The number of anilines is 4. The topological polar surface area (TPSA) is 175 Å². The first-order chi connectivity index (χ1) is 16.6. The zero-order chi connectivity index (χ0) is 25.2. The van der Waals surface area contributed by atoms with Crippen LogP contribution in [0.4, 0.5) is 22.7 Å². The third-order valence-electron chi connectivity index (χ3n) is 5.46. The van der Waals surface area contributed by atoms with Gasteiger partial charge in [-0.15, -0.1) is 0 Å². The van der Waals surface area contributed by atoms with Gasteiger partial charge in [-0.2, -0.15) is 9.97 Å². The lowest BCUT2D eigenvalue weighted by Crippen LogP contribution is -2.44. The number of aromatic nitrogens is 3. The van der Waals surface area contributed by atoms with Crippen molar-refractivity contribution in [1.82, 2.24) is 20.3 Å². The molecule has 14 heteroatoms. The maximum absolute atomic E-state index is 11.5. The lowest BCUT2D eigenvalue weighted by atomic mass is 10.2. The Morgan fingerprint density at radius 2 is 1.86 bits per heavy atom. The van der Waals surface area contributed by atoms with Crippen molar-refractivity contribution in [3.05, 3.63) is 46.0 Å². The zero-order valence-electron chi connectivity index (χ0n) is 19.2. The quantitative estimate of drug-likeness (QED) is 0.293. The van der Waals surface area contributed by atoms with E-state index in [0.29, 0.717) is 29.1 Å². The highest BCUT2D eigenvalue weighted by atomic mass is 32.2.